The van der Waals surface area contributed by atoms with Crippen molar-refractivity contribution >= 4 is 0 Å². The highest BCUT2D eigenvalue weighted by Gasteiger charge is 2.67. The van der Waals surface area contributed by atoms with Gasteiger partial charge < -0.3 is 20.6 Å². The van der Waals surface area contributed by atoms with Crippen molar-refractivity contribution < 1.29 is 28.5 Å². The number of aliphatic hydroxyl groups is 3. The summed E-state index contributed by atoms with van der Waals surface area (Å²) in [5.74, 6) is 0. The molecule has 0 aromatic heterocycles. The van der Waals surface area contributed by atoms with E-state index in [0.717, 1.165) is 6.92 Å². The molecule has 7 heteroatoms. The largest absolute Gasteiger partial charge is 0.421 e. The Kier molecular flexibility index (Phi) is 2.79. The number of rotatable bonds is 1. The summed E-state index contributed by atoms with van der Waals surface area (Å²) >= 11 is 0. The van der Waals surface area contributed by atoms with Crippen LogP contribution >= 0.6 is 0 Å². The van der Waals surface area contributed by atoms with Crippen molar-refractivity contribution in [1.29, 1.82) is 0 Å². The molecule has 84 valence electrons. The SMILES string of the molecule is C[C@@H]1N[C@H](CO)[C@@H](O)[C@]1(O)C(F)(F)F. The van der Waals surface area contributed by atoms with Crippen LogP contribution in [0.15, 0.2) is 0 Å². The van der Waals surface area contributed by atoms with E-state index in [9.17, 15) is 23.4 Å². The van der Waals surface area contributed by atoms with Crippen molar-refractivity contribution in [1.82, 2.24) is 5.32 Å². The third-order valence-electron chi connectivity index (χ3n) is 2.61. The molecule has 0 aromatic carbocycles. The minimum absolute atomic E-state index is 0.663. The Morgan fingerprint density at radius 2 is 1.93 bits per heavy atom. The summed E-state index contributed by atoms with van der Waals surface area (Å²) in [6, 6.07) is -2.51. The maximum atomic E-state index is 12.4. The molecule has 1 aliphatic rings. The lowest BCUT2D eigenvalue weighted by molar-refractivity contribution is -0.286. The van der Waals surface area contributed by atoms with E-state index in [-0.39, 0.29) is 0 Å². The Morgan fingerprint density at radius 1 is 1.43 bits per heavy atom. The summed E-state index contributed by atoms with van der Waals surface area (Å²) in [5, 5.41) is 29.5. The lowest BCUT2D eigenvalue weighted by atomic mass is 9.91. The van der Waals surface area contributed by atoms with Crippen LogP contribution in [0.1, 0.15) is 6.92 Å². The first-order valence-corrected chi connectivity index (χ1v) is 4.09. The molecule has 0 amide bonds. The number of hydrogen-bond donors (Lipinski definition) is 4. The molecule has 1 aliphatic heterocycles. The molecule has 4 atom stereocenters. The molecule has 14 heavy (non-hydrogen) atoms. The first-order chi connectivity index (χ1) is 6.25. The number of hydrogen-bond acceptors (Lipinski definition) is 4. The molecular formula is C7H12F3NO3. The van der Waals surface area contributed by atoms with Crippen LogP contribution in [0.3, 0.4) is 0 Å². The fraction of sp³-hybridized carbons (Fsp3) is 1.00. The first kappa shape index (κ1) is 11.7. The number of nitrogens with one attached hydrogen (secondary N) is 1. The maximum Gasteiger partial charge on any atom is 0.421 e. The smallest absolute Gasteiger partial charge is 0.395 e. The van der Waals surface area contributed by atoms with Gasteiger partial charge in [-0.15, -0.1) is 0 Å². The van der Waals surface area contributed by atoms with E-state index in [1.54, 1.807) is 0 Å². The fourth-order valence-corrected chi connectivity index (χ4v) is 1.67. The van der Waals surface area contributed by atoms with Crippen molar-refractivity contribution in [3.05, 3.63) is 0 Å². The van der Waals surface area contributed by atoms with Gasteiger partial charge >= 0.3 is 6.18 Å². The maximum absolute atomic E-state index is 12.4. The van der Waals surface area contributed by atoms with Gasteiger partial charge in [-0.3, -0.25) is 0 Å². The van der Waals surface area contributed by atoms with Gasteiger partial charge in [0.15, 0.2) is 0 Å². The quantitative estimate of drug-likeness (QED) is 0.452. The van der Waals surface area contributed by atoms with E-state index < -0.39 is 36.6 Å². The second-order valence-corrected chi connectivity index (χ2v) is 3.45. The standard InChI is InChI=1S/C7H12F3NO3/c1-3-6(14,7(8,9)10)5(13)4(2-12)11-3/h3-5,11-14H,2H2,1H3/t3-,4+,5+,6-/m0/s1. The highest BCUT2D eigenvalue weighted by molar-refractivity contribution is 5.11. The molecule has 0 bridgehead atoms. The Balaban J connectivity index is 2.99. The second kappa shape index (κ2) is 3.34. The normalized spacial score (nSPS) is 44.4. The Hall–Kier alpha value is -0.370. The highest BCUT2D eigenvalue weighted by atomic mass is 19.4. The lowest BCUT2D eigenvalue weighted by Crippen LogP contribution is -2.59. The van der Waals surface area contributed by atoms with Gasteiger partial charge in [0.2, 0.25) is 5.60 Å². The molecule has 0 radical (unpaired) electrons. The predicted octanol–water partition coefficient (Wildman–Crippen LogP) is -1.01. The first-order valence-electron chi connectivity index (χ1n) is 4.09. The van der Waals surface area contributed by atoms with E-state index in [4.69, 9.17) is 5.11 Å². The molecule has 4 nitrogen and oxygen atoms in total. The molecular weight excluding hydrogens is 203 g/mol. The van der Waals surface area contributed by atoms with Crippen molar-refractivity contribution in [3.8, 4) is 0 Å². The second-order valence-electron chi connectivity index (χ2n) is 3.45. The molecule has 4 N–H and O–H groups in total. The van der Waals surface area contributed by atoms with Gasteiger partial charge in [-0.25, -0.2) is 0 Å². The van der Waals surface area contributed by atoms with E-state index in [1.807, 2.05) is 0 Å². The Bertz CT molecular complexity index is 223. The fourth-order valence-electron chi connectivity index (χ4n) is 1.67. The Labute approximate surface area is 78.4 Å². The van der Waals surface area contributed by atoms with Crippen LogP contribution < -0.4 is 5.32 Å². The van der Waals surface area contributed by atoms with E-state index >= 15 is 0 Å². The van der Waals surface area contributed by atoms with Crippen molar-refractivity contribution in [3.63, 3.8) is 0 Å². The van der Waals surface area contributed by atoms with E-state index in [2.05, 4.69) is 5.32 Å². The molecule has 0 unspecified atom stereocenters. The summed E-state index contributed by atoms with van der Waals surface area (Å²) in [4.78, 5) is 0. The summed E-state index contributed by atoms with van der Waals surface area (Å²) in [6.45, 7) is 0.441. The van der Waals surface area contributed by atoms with Crippen molar-refractivity contribution in [2.45, 2.75) is 36.9 Å². The van der Waals surface area contributed by atoms with Crippen LogP contribution in [0, 0.1) is 0 Å². The zero-order chi connectivity index (χ0) is 11.1. The van der Waals surface area contributed by atoms with Crippen molar-refractivity contribution in [2.24, 2.45) is 0 Å². The van der Waals surface area contributed by atoms with Crippen LogP contribution in [0.25, 0.3) is 0 Å². The molecule has 1 saturated heterocycles. The topological polar surface area (TPSA) is 72.7 Å². The van der Waals surface area contributed by atoms with Crippen LogP contribution in [-0.4, -0.2) is 51.9 Å². The van der Waals surface area contributed by atoms with Crippen LogP contribution in [0.4, 0.5) is 13.2 Å². The molecule has 0 spiro atoms. The monoisotopic (exact) mass is 215 g/mol. The minimum atomic E-state index is -4.93. The van der Waals surface area contributed by atoms with Crippen LogP contribution in [0.2, 0.25) is 0 Å². The highest BCUT2D eigenvalue weighted by Crippen LogP contribution is 2.40. The van der Waals surface area contributed by atoms with Gasteiger partial charge in [0, 0.05) is 6.04 Å². The number of alkyl halides is 3. The average molecular weight is 215 g/mol. The Morgan fingerprint density at radius 3 is 2.14 bits per heavy atom. The zero-order valence-electron chi connectivity index (χ0n) is 7.41. The molecule has 1 heterocycles. The van der Waals surface area contributed by atoms with E-state index in [0.29, 0.717) is 0 Å². The average Bonchev–Trinajstić information content (AvgIpc) is 2.29. The summed E-state index contributed by atoms with van der Waals surface area (Å²) in [6.07, 6.45) is -6.98. The van der Waals surface area contributed by atoms with Crippen LogP contribution in [-0.2, 0) is 0 Å². The van der Waals surface area contributed by atoms with Gasteiger partial charge in [0.05, 0.1) is 12.6 Å². The third kappa shape index (κ3) is 1.40. The molecule has 0 aliphatic carbocycles. The molecule has 1 rings (SSSR count). The lowest BCUT2D eigenvalue weighted by Gasteiger charge is -2.32. The number of aliphatic hydroxyl groups excluding tert-OH is 2. The van der Waals surface area contributed by atoms with Crippen LogP contribution in [0.5, 0.6) is 0 Å². The van der Waals surface area contributed by atoms with Gasteiger partial charge in [-0.05, 0) is 6.92 Å². The molecule has 0 aromatic rings. The summed E-state index contributed by atoms with van der Waals surface area (Å²) in [7, 11) is 0. The van der Waals surface area contributed by atoms with Gasteiger partial charge in [-0.2, -0.15) is 13.2 Å². The van der Waals surface area contributed by atoms with E-state index in [1.165, 1.54) is 0 Å². The zero-order valence-corrected chi connectivity index (χ0v) is 7.41. The van der Waals surface area contributed by atoms with Gasteiger partial charge in [0.25, 0.3) is 0 Å². The minimum Gasteiger partial charge on any atom is -0.395 e. The number of halogens is 3. The molecule has 1 fully saturated rings. The molecule has 0 saturated carbocycles. The van der Waals surface area contributed by atoms with Crippen molar-refractivity contribution in [2.75, 3.05) is 6.61 Å². The van der Waals surface area contributed by atoms with Gasteiger partial charge in [0.1, 0.15) is 6.10 Å². The summed E-state index contributed by atoms with van der Waals surface area (Å²) < 4.78 is 37.3. The van der Waals surface area contributed by atoms with Gasteiger partial charge in [-0.1, -0.05) is 0 Å². The third-order valence-corrected chi connectivity index (χ3v) is 2.61. The summed E-state index contributed by atoms with van der Waals surface area (Å²) in [5.41, 5.74) is -3.19. The predicted molar refractivity (Wildman–Crippen MR) is 40.5 cm³/mol.